The first kappa shape index (κ1) is 12.5. The average molecular weight is 284 g/mol. The molecule has 0 radical (unpaired) electrons. The molecule has 2 heterocycles. The van der Waals surface area contributed by atoms with Crippen LogP contribution in [0.4, 0.5) is 11.4 Å². The van der Waals surface area contributed by atoms with Crippen molar-refractivity contribution in [3.8, 4) is 0 Å². The van der Waals surface area contributed by atoms with Crippen molar-refractivity contribution in [3.63, 3.8) is 0 Å². The van der Waals surface area contributed by atoms with Gasteiger partial charge in [0.15, 0.2) is 0 Å². The van der Waals surface area contributed by atoms with Gasteiger partial charge in [-0.05, 0) is 30.9 Å². The fourth-order valence-corrected chi connectivity index (χ4v) is 3.43. The minimum atomic E-state index is -0.348. The van der Waals surface area contributed by atoms with Crippen molar-refractivity contribution in [3.05, 3.63) is 40.2 Å². The number of nitro benzene ring substituents is 1. The average Bonchev–Trinajstić information content (AvgIpc) is 2.89. The Bertz CT molecular complexity index is 736. The summed E-state index contributed by atoms with van der Waals surface area (Å²) in [6.45, 7) is 4.03. The van der Waals surface area contributed by atoms with Gasteiger partial charge in [0.1, 0.15) is 0 Å². The lowest BCUT2D eigenvalue weighted by atomic mass is 10.1. The molecule has 6 heteroatoms. The molecule has 2 atom stereocenters. The molecular weight excluding hydrogens is 268 g/mol. The highest BCUT2D eigenvalue weighted by molar-refractivity contribution is 5.99. The van der Waals surface area contributed by atoms with Gasteiger partial charge in [-0.2, -0.15) is 0 Å². The summed E-state index contributed by atoms with van der Waals surface area (Å²) in [4.78, 5) is 15.0. The number of nitro groups is 1. The molecule has 2 aromatic rings. The standard InChI is InChI=1S/C15H16N4O2/c1-8-4-9-10(7-17-8)14(19(20)21)3-2-13(9)18-15-11-5-16-6-12(11)15/h2-4,7,11-12,15-16,18H,5-6H2,1H3. The van der Waals surface area contributed by atoms with Crippen molar-refractivity contribution in [1.29, 1.82) is 0 Å². The molecule has 2 fully saturated rings. The molecule has 4 rings (SSSR count). The fourth-order valence-electron chi connectivity index (χ4n) is 3.43. The molecule has 2 N–H and O–H groups in total. The van der Waals surface area contributed by atoms with Gasteiger partial charge >= 0.3 is 0 Å². The lowest BCUT2D eigenvalue weighted by Gasteiger charge is -2.12. The second kappa shape index (κ2) is 4.39. The van der Waals surface area contributed by atoms with Crippen molar-refractivity contribution in [2.24, 2.45) is 11.8 Å². The summed E-state index contributed by atoms with van der Waals surface area (Å²) in [5.41, 5.74) is 1.95. The summed E-state index contributed by atoms with van der Waals surface area (Å²) in [5, 5.41) is 19.6. The fraction of sp³-hybridized carbons (Fsp3) is 0.400. The van der Waals surface area contributed by atoms with Gasteiger partial charge in [0.2, 0.25) is 0 Å². The maximum Gasteiger partial charge on any atom is 0.278 e. The number of nitrogens with one attached hydrogen (secondary N) is 2. The molecule has 2 unspecified atom stereocenters. The predicted octanol–water partition coefficient (Wildman–Crippen LogP) is 2.08. The van der Waals surface area contributed by atoms with Crippen LogP contribution in [0.3, 0.4) is 0 Å². The summed E-state index contributed by atoms with van der Waals surface area (Å²) >= 11 is 0. The third-order valence-electron chi connectivity index (χ3n) is 4.63. The smallest absolute Gasteiger partial charge is 0.278 e. The lowest BCUT2D eigenvalue weighted by Crippen LogP contribution is -2.21. The van der Waals surface area contributed by atoms with E-state index < -0.39 is 0 Å². The number of aromatic nitrogens is 1. The summed E-state index contributed by atoms with van der Waals surface area (Å²) in [6, 6.07) is 5.80. The zero-order valence-corrected chi connectivity index (χ0v) is 11.7. The highest BCUT2D eigenvalue weighted by Crippen LogP contribution is 2.45. The van der Waals surface area contributed by atoms with Crippen LogP contribution < -0.4 is 10.6 Å². The minimum Gasteiger partial charge on any atom is -0.381 e. The summed E-state index contributed by atoms with van der Waals surface area (Å²) in [5.74, 6) is 1.39. The van der Waals surface area contributed by atoms with Gasteiger partial charge in [0, 0.05) is 48.2 Å². The van der Waals surface area contributed by atoms with Crippen molar-refractivity contribution >= 4 is 22.1 Å². The molecule has 1 saturated heterocycles. The summed E-state index contributed by atoms with van der Waals surface area (Å²) < 4.78 is 0. The van der Waals surface area contributed by atoms with Gasteiger partial charge in [0.05, 0.1) is 10.3 Å². The van der Waals surface area contributed by atoms with Crippen molar-refractivity contribution in [2.45, 2.75) is 13.0 Å². The molecule has 0 amide bonds. The zero-order valence-electron chi connectivity index (χ0n) is 11.7. The first-order valence-corrected chi connectivity index (χ1v) is 7.16. The minimum absolute atomic E-state index is 0.112. The first-order chi connectivity index (χ1) is 10.1. The van der Waals surface area contributed by atoms with Crippen LogP contribution in [0.1, 0.15) is 5.69 Å². The van der Waals surface area contributed by atoms with Crippen molar-refractivity contribution in [1.82, 2.24) is 10.3 Å². The topological polar surface area (TPSA) is 80.1 Å². The van der Waals surface area contributed by atoms with Crippen molar-refractivity contribution < 1.29 is 4.92 Å². The Balaban J connectivity index is 1.76. The number of non-ortho nitro benzene ring substituents is 1. The monoisotopic (exact) mass is 284 g/mol. The molecule has 108 valence electrons. The highest BCUT2D eigenvalue weighted by Gasteiger charge is 2.53. The Labute approximate surface area is 121 Å². The number of hydrogen-bond donors (Lipinski definition) is 2. The van der Waals surface area contributed by atoms with E-state index in [0.29, 0.717) is 23.3 Å². The Morgan fingerprint density at radius 2 is 2.10 bits per heavy atom. The molecule has 1 aliphatic carbocycles. The van der Waals surface area contributed by atoms with Crippen LogP contribution in [0.15, 0.2) is 24.4 Å². The third kappa shape index (κ3) is 1.94. The largest absolute Gasteiger partial charge is 0.381 e. The molecule has 21 heavy (non-hydrogen) atoms. The van der Waals surface area contributed by atoms with Gasteiger partial charge < -0.3 is 10.6 Å². The van der Waals surface area contributed by atoms with Crippen LogP contribution in [0.25, 0.3) is 10.8 Å². The van der Waals surface area contributed by atoms with Gasteiger partial charge in [0.25, 0.3) is 5.69 Å². The van der Waals surface area contributed by atoms with Crippen LogP contribution in [-0.2, 0) is 0 Å². The maximum atomic E-state index is 11.2. The van der Waals surface area contributed by atoms with Crippen molar-refractivity contribution in [2.75, 3.05) is 18.4 Å². The normalized spacial score (nSPS) is 26.6. The van der Waals surface area contributed by atoms with E-state index in [9.17, 15) is 10.1 Å². The van der Waals surface area contributed by atoms with Crippen LogP contribution >= 0.6 is 0 Å². The number of aryl methyl sites for hydroxylation is 1. The number of anilines is 1. The summed E-state index contributed by atoms with van der Waals surface area (Å²) in [6.07, 6.45) is 1.60. The second-order valence-electron chi connectivity index (χ2n) is 5.92. The van der Waals surface area contributed by atoms with E-state index in [1.165, 1.54) is 0 Å². The van der Waals surface area contributed by atoms with E-state index in [1.807, 2.05) is 19.1 Å². The summed E-state index contributed by atoms with van der Waals surface area (Å²) in [7, 11) is 0. The first-order valence-electron chi connectivity index (χ1n) is 7.16. The molecule has 6 nitrogen and oxygen atoms in total. The molecule has 1 aromatic heterocycles. The van der Waals surface area contributed by atoms with Crippen LogP contribution in [0.2, 0.25) is 0 Å². The predicted molar refractivity (Wildman–Crippen MR) is 80.4 cm³/mol. The SMILES string of the molecule is Cc1cc2c(NC3C4CNCC43)ccc([N+](=O)[O-])c2cn1. The van der Waals surface area contributed by atoms with Crippen LogP contribution in [0.5, 0.6) is 0 Å². The number of benzene rings is 1. The van der Waals surface area contributed by atoms with E-state index in [-0.39, 0.29) is 10.6 Å². The van der Waals surface area contributed by atoms with E-state index in [2.05, 4.69) is 15.6 Å². The number of rotatable bonds is 3. The third-order valence-corrected chi connectivity index (χ3v) is 4.63. The molecule has 1 aromatic carbocycles. The molecule has 1 aliphatic heterocycles. The molecule has 1 saturated carbocycles. The Hall–Kier alpha value is -2.21. The van der Waals surface area contributed by atoms with Gasteiger partial charge in [-0.3, -0.25) is 15.1 Å². The van der Waals surface area contributed by atoms with E-state index in [0.717, 1.165) is 29.9 Å². The maximum absolute atomic E-state index is 11.2. The molecular formula is C15H16N4O2. The number of piperidine rings is 1. The van der Waals surface area contributed by atoms with Crippen LogP contribution in [0, 0.1) is 28.9 Å². The molecule has 0 bridgehead atoms. The number of fused-ring (bicyclic) bond motifs is 2. The number of pyridine rings is 1. The van der Waals surface area contributed by atoms with Gasteiger partial charge in [-0.15, -0.1) is 0 Å². The second-order valence-corrected chi connectivity index (χ2v) is 5.92. The molecule has 2 aliphatic rings. The van der Waals surface area contributed by atoms with E-state index in [4.69, 9.17) is 0 Å². The van der Waals surface area contributed by atoms with E-state index >= 15 is 0 Å². The zero-order chi connectivity index (χ0) is 14.6. The lowest BCUT2D eigenvalue weighted by molar-refractivity contribution is -0.383. The highest BCUT2D eigenvalue weighted by atomic mass is 16.6. The van der Waals surface area contributed by atoms with Gasteiger partial charge in [-0.25, -0.2) is 0 Å². The Kier molecular flexibility index (Phi) is 2.62. The Morgan fingerprint density at radius 1 is 1.33 bits per heavy atom. The Morgan fingerprint density at radius 3 is 2.81 bits per heavy atom. The van der Waals surface area contributed by atoms with Crippen LogP contribution in [-0.4, -0.2) is 29.0 Å². The molecule has 0 spiro atoms. The van der Waals surface area contributed by atoms with E-state index in [1.54, 1.807) is 12.3 Å². The van der Waals surface area contributed by atoms with Gasteiger partial charge in [-0.1, -0.05) is 0 Å². The number of hydrogen-bond acceptors (Lipinski definition) is 5. The number of nitrogens with zero attached hydrogens (tertiary/aromatic N) is 2. The quantitative estimate of drug-likeness (QED) is 0.666.